The molecule has 2 N–H and O–H groups in total. The van der Waals surface area contributed by atoms with E-state index < -0.39 is 10.0 Å². The van der Waals surface area contributed by atoms with E-state index in [1.807, 2.05) is 0 Å². The number of primary sulfonamides is 1. The zero-order chi connectivity index (χ0) is 14.8. The molecule has 0 radical (unpaired) electrons. The molecule has 0 saturated carbocycles. The smallest absolute Gasteiger partial charge is 0.253 e. The van der Waals surface area contributed by atoms with Gasteiger partial charge in [0.15, 0.2) is 11.5 Å². The summed E-state index contributed by atoms with van der Waals surface area (Å²) in [4.78, 5) is 12.9. The Bertz CT molecular complexity index is 595. The molecule has 0 atom stereocenters. The van der Waals surface area contributed by atoms with Crippen molar-refractivity contribution < 1.29 is 22.7 Å². The van der Waals surface area contributed by atoms with Crippen LogP contribution in [0.15, 0.2) is 17.0 Å². The molecule has 0 unspecified atom stereocenters. The monoisotopic (exact) mass is 288 g/mol. The SMILES string of the molecule is COc1cc(C(=O)N(C)C)cc(S(N)(=O)=O)c1OC. The highest BCUT2D eigenvalue weighted by molar-refractivity contribution is 7.89. The van der Waals surface area contributed by atoms with Gasteiger partial charge in [-0.05, 0) is 12.1 Å². The van der Waals surface area contributed by atoms with Crippen LogP contribution in [0, 0.1) is 0 Å². The van der Waals surface area contributed by atoms with Gasteiger partial charge in [0.25, 0.3) is 5.91 Å². The Labute approximate surface area is 112 Å². The summed E-state index contributed by atoms with van der Waals surface area (Å²) in [6.07, 6.45) is 0. The van der Waals surface area contributed by atoms with Gasteiger partial charge in [-0.2, -0.15) is 0 Å². The number of carbonyl (C=O) groups excluding carboxylic acids is 1. The standard InChI is InChI=1S/C11H16N2O5S/c1-13(2)11(14)7-5-8(17-3)10(18-4)9(6-7)19(12,15)16/h5-6H,1-4H3,(H2,12,15,16). The normalized spacial score (nSPS) is 11.0. The van der Waals surface area contributed by atoms with Gasteiger partial charge in [-0.15, -0.1) is 0 Å². The van der Waals surface area contributed by atoms with Crippen LogP contribution in [0.2, 0.25) is 0 Å². The molecular formula is C11H16N2O5S. The maximum atomic E-state index is 11.9. The first kappa shape index (κ1) is 15.3. The molecule has 0 aliphatic rings. The third-order valence-electron chi connectivity index (χ3n) is 2.40. The van der Waals surface area contributed by atoms with E-state index in [0.717, 1.165) is 0 Å². The number of hydrogen-bond acceptors (Lipinski definition) is 5. The summed E-state index contributed by atoms with van der Waals surface area (Å²) in [7, 11) is 1.70. The lowest BCUT2D eigenvalue weighted by Gasteiger charge is -2.15. The summed E-state index contributed by atoms with van der Waals surface area (Å²) in [5.41, 5.74) is 0.145. The molecule has 19 heavy (non-hydrogen) atoms. The fourth-order valence-corrected chi connectivity index (χ4v) is 2.26. The molecule has 1 amide bonds. The Hall–Kier alpha value is -1.80. The molecule has 7 nitrogen and oxygen atoms in total. The number of sulfonamides is 1. The number of ether oxygens (including phenoxy) is 2. The number of hydrogen-bond donors (Lipinski definition) is 1. The van der Waals surface area contributed by atoms with Crippen molar-refractivity contribution >= 4 is 15.9 Å². The fraction of sp³-hybridized carbons (Fsp3) is 0.364. The van der Waals surface area contributed by atoms with E-state index in [4.69, 9.17) is 14.6 Å². The van der Waals surface area contributed by atoms with Gasteiger partial charge < -0.3 is 14.4 Å². The lowest BCUT2D eigenvalue weighted by atomic mass is 10.2. The highest BCUT2D eigenvalue weighted by Crippen LogP contribution is 2.35. The van der Waals surface area contributed by atoms with Gasteiger partial charge in [-0.25, -0.2) is 13.6 Å². The van der Waals surface area contributed by atoms with E-state index in [1.54, 1.807) is 14.1 Å². The van der Waals surface area contributed by atoms with Crippen molar-refractivity contribution in [3.8, 4) is 11.5 Å². The van der Waals surface area contributed by atoms with Crippen molar-refractivity contribution in [2.75, 3.05) is 28.3 Å². The third-order valence-corrected chi connectivity index (χ3v) is 3.32. The molecule has 0 aromatic heterocycles. The van der Waals surface area contributed by atoms with Crippen LogP contribution in [0.5, 0.6) is 11.5 Å². The third kappa shape index (κ3) is 3.15. The summed E-state index contributed by atoms with van der Waals surface area (Å²) in [6, 6.07) is 2.56. The largest absolute Gasteiger partial charge is 0.493 e. The van der Waals surface area contributed by atoms with Crippen LogP contribution < -0.4 is 14.6 Å². The number of benzene rings is 1. The molecule has 0 aliphatic heterocycles. The van der Waals surface area contributed by atoms with Crippen LogP contribution in [0.1, 0.15) is 10.4 Å². The zero-order valence-electron chi connectivity index (χ0n) is 11.1. The minimum Gasteiger partial charge on any atom is -0.493 e. The Morgan fingerprint density at radius 1 is 1.21 bits per heavy atom. The average molecular weight is 288 g/mol. The molecule has 1 rings (SSSR count). The van der Waals surface area contributed by atoms with Crippen LogP contribution in [0.4, 0.5) is 0 Å². The second kappa shape index (κ2) is 5.45. The Balaban J connectivity index is 3.61. The van der Waals surface area contributed by atoms with Crippen LogP contribution in [-0.4, -0.2) is 47.5 Å². The Morgan fingerprint density at radius 2 is 1.79 bits per heavy atom. The first-order valence-corrected chi connectivity index (χ1v) is 6.77. The second-order valence-corrected chi connectivity index (χ2v) is 5.48. The number of nitrogens with two attached hydrogens (primary N) is 1. The lowest BCUT2D eigenvalue weighted by molar-refractivity contribution is 0.0827. The minimum atomic E-state index is -4.04. The maximum absolute atomic E-state index is 11.9. The molecule has 106 valence electrons. The van der Waals surface area contributed by atoms with Gasteiger partial charge in [0.05, 0.1) is 14.2 Å². The topological polar surface area (TPSA) is 98.9 Å². The quantitative estimate of drug-likeness (QED) is 0.844. The minimum absolute atomic E-state index is 0.0275. The fourth-order valence-electron chi connectivity index (χ4n) is 1.52. The van der Waals surface area contributed by atoms with Crippen molar-refractivity contribution in [1.82, 2.24) is 4.90 Å². The number of carbonyl (C=O) groups is 1. The van der Waals surface area contributed by atoms with Crippen molar-refractivity contribution in [3.63, 3.8) is 0 Å². The van der Waals surface area contributed by atoms with Crippen LogP contribution in [0.3, 0.4) is 0 Å². The van der Waals surface area contributed by atoms with Crippen molar-refractivity contribution in [3.05, 3.63) is 17.7 Å². The molecule has 0 fully saturated rings. The Morgan fingerprint density at radius 3 is 2.16 bits per heavy atom. The summed E-state index contributed by atoms with van der Waals surface area (Å²) < 4.78 is 33.1. The molecule has 0 saturated heterocycles. The van der Waals surface area contributed by atoms with E-state index in [0.29, 0.717) is 0 Å². The lowest BCUT2D eigenvalue weighted by Crippen LogP contribution is -2.23. The van der Waals surface area contributed by atoms with E-state index in [-0.39, 0.29) is 27.9 Å². The molecule has 0 heterocycles. The highest BCUT2D eigenvalue weighted by Gasteiger charge is 2.23. The molecular weight excluding hydrogens is 272 g/mol. The van der Waals surface area contributed by atoms with Gasteiger partial charge in [-0.1, -0.05) is 0 Å². The maximum Gasteiger partial charge on any atom is 0.253 e. The summed E-state index contributed by atoms with van der Waals surface area (Å²) in [6.45, 7) is 0. The number of rotatable bonds is 4. The molecule has 0 bridgehead atoms. The van der Waals surface area contributed by atoms with E-state index in [9.17, 15) is 13.2 Å². The predicted octanol–water partition coefficient (Wildman–Crippen LogP) is 0.0530. The van der Waals surface area contributed by atoms with E-state index >= 15 is 0 Å². The molecule has 0 spiro atoms. The summed E-state index contributed by atoms with van der Waals surface area (Å²) >= 11 is 0. The summed E-state index contributed by atoms with van der Waals surface area (Å²) in [5, 5.41) is 5.11. The van der Waals surface area contributed by atoms with Crippen LogP contribution in [-0.2, 0) is 10.0 Å². The van der Waals surface area contributed by atoms with Crippen LogP contribution in [0.25, 0.3) is 0 Å². The second-order valence-electron chi connectivity index (χ2n) is 3.95. The van der Waals surface area contributed by atoms with Gasteiger partial charge in [-0.3, -0.25) is 4.79 Å². The van der Waals surface area contributed by atoms with Gasteiger partial charge in [0.2, 0.25) is 10.0 Å². The van der Waals surface area contributed by atoms with Gasteiger partial charge in [0, 0.05) is 19.7 Å². The zero-order valence-corrected chi connectivity index (χ0v) is 11.9. The van der Waals surface area contributed by atoms with E-state index in [2.05, 4.69) is 0 Å². The molecule has 0 aliphatic carbocycles. The van der Waals surface area contributed by atoms with Crippen molar-refractivity contribution in [2.45, 2.75) is 4.90 Å². The average Bonchev–Trinajstić information content (AvgIpc) is 2.34. The van der Waals surface area contributed by atoms with Crippen molar-refractivity contribution in [1.29, 1.82) is 0 Å². The van der Waals surface area contributed by atoms with Crippen LogP contribution >= 0.6 is 0 Å². The molecule has 1 aromatic carbocycles. The number of amides is 1. The first-order valence-electron chi connectivity index (χ1n) is 5.22. The van der Waals surface area contributed by atoms with E-state index in [1.165, 1.54) is 31.3 Å². The Kier molecular flexibility index (Phi) is 4.38. The summed E-state index contributed by atoms with van der Waals surface area (Å²) in [5.74, 6) is -0.273. The molecule has 1 aromatic rings. The molecule has 8 heteroatoms. The highest BCUT2D eigenvalue weighted by atomic mass is 32.2. The number of nitrogens with zero attached hydrogens (tertiary/aromatic N) is 1. The first-order chi connectivity index (χ1) is 8.72. The van der Waals surface area contributed by atoms with Gasteiger partial charge in [0.1, 0.15) is 4.90 Å². The number of methoxy groups -OCH3 is 2. The predicted molar refractivity (Wildman–Crippen MR) is 68.9 cm³/mol. The van der Waals surface area contributed by atoms with Gasteiger partial charge >= 0.3 is 0 Å². The van der Waals surface area contributed by atoms with Crippen molar-refractivity contribution in [2.24, 2.45) is 5.14 Å².